The van der Waals surface area contributed by atoms with Crippen molar-refractivity contribution >= 4 is 22.8 Å². The third-order valence-corrected chi connectivity index (χ3v) is 4.67. The zero-order valence-corrected chi connectivity index (χ0v) is 16.4. The Morgan fingerprint density at radius 1 is 1.10 bits per heavy atom. The van der Waals surface area contributed by atoms with Gasteiger partial charge in [0, 0.05) is 13.5 Å². The Bertz CT molecular complexity index is 1080. The molecule has 2 aromatic carbocycles. The zero-order valence-electron chi connectivity index (χ0n) is 16.4. The van der Waals surface area contributed by atoms with Crippen molar-refractivity contribution in [3.8, 4) is 0 Å². The third kappa shape index (κ3) is 5.07. The number of esters is 1. The molecule has 1 amide bonds. The molecular weight excluding hydrogens is 370 g/mol. The molecule has 0 radical (unpaired) electrons. The van der Waals surface area contributed by atoms with Crippen LogP contribution in [0.25, 0.3) is 10.9 Å². The van der Waals surface area contributed by atoms with Crippen LogP contribution in [0.4, 0.5) is 0 Å². The standard InChI is InChI=1S/C22H23N3O4/c1-15(16-8-4-3-5-9-16)23-20(26)14-29-21(27)13-12-19-24-18-11-7-6-10-17(18)22(28)25(19)2/h3-11,15H,12-14H2,1-2H3,(H,23,26). The van der Waals surface area contributed by atoms with E-state index in [1.165, 1.54) is 4.57 Å². The SMILES string of the molecule is CC(NC(=O)COC(=O)CCc1nc2ccccc2c(=O)n1C)c1ccccc1. The van der Waals surface area contributed by atoms with Crippen LogP contribution in [-0.4, -0.2) is 28.0 Å². The monoisotopic (exact) mass is 393 g/mol. The van der Waals surface area contributed by atoms with E-state index < -0.39 is 5.97 Å². The largest absolute Gasteiger partial charge is 0.456 e. The number of carbonyl (C=O) groups excluding carboxylic acids is 2. The van der Waals surface area contributed by atoms with Crippen molar-refractivity contribution in [1.29, 1.82) is 0 Å². The second kappa shape index (κ2) is 9.14. The number of benzene rings is 2. The van der Waals surface area contributed by atoms with E-state index in [0.717, 1.165) is 5.56 Å². The van der Waals surface area contributed by atoms with E-state index >= 15 is 0 Å². The Labute approximate surface area is 168 Å². The number of hydrogen-bond donors (Lipinski definition) is 1. The summed E-state index contributed by atoms with van der Waals surface area (Å²) in [4.78, 5) is 40.9. The van der Waals surface area contributed by atoms with Crippen LogP contribution in [-0.2, 0) is 27.8 Å². The van der Waals surface area contributed by atoms with Crippen LogP contribution in [0.5, 0.6) is 0 Å². The number of nitrogens with one attached hydrogen (secondary N) is 1. The summed E-state index contributed by atoms with van der Waals surface area (Å²) in [7, 11) is 1.63. The number of hydrogen-bond acceptors (Lipinski definition) is 5. The van der Waals surface area contributed by atoms with E-state index in [0.29, 0.717) is 16.7 Å². The summed E-state index contributed by atoms with van der Waals surface area (Å²) in [6.45, 7) is 1.51. The Morgan fingerprint density at radius 2 is 1.79 bits per heavy atom. The molecule has 0 saturated carbocycles. The van der Waals surface area contributed by atoms with Crippen LogP contribution in [0.1, 0.15) is 30.8 Å². The molecule has 1 heterocycles. The Kier molecular flexibility index (Phi) is 6.39. The molecule has 0 aliphatic carbocycles. The molecule has 1 atom stereocenters. The van der Waals surface area contributed by atoms with Gasteiger partial charge < -0.3 is 10.1 Å². The second-order valence-corrected chi connectivity index (χ2v) is 6.77. The highest BCUT2D eigenvalue weighted by Crippen LogP contribution is 2.11. The number of amides is 1. The van der Waals surface area contributed by atoms with Gasteiger partial charge in [0.1, 0.15) is 5.82 Å². The molecule has 7 nitrogen and oxygen atoms in total. The van der Waals surface area contributed by atoms with E-state index in [2.05, 4.69) is 10.3 Å². The van der Waals surface area contributed by atoms with Crippen molar-refractivity contribution in [1.82, 2.24) is 14.9 Å². The first-order valence-corrected chi connectivity index (χ1v) is 9.40. The summed E-state index contributed by atoms with van der Waals surface area (Å²) in [6, 6.07) is 16.4. The summed E-state index contributed by atoms with van der Waals surface area (Å²) in [5.41, 5.74) is 1.40. The molecule has 1 aromatic heterocycles. The number of carbonyl (C=O) groups is 2. The van der Waals surface area contributed by atoms with E-state index in [9.17, 15) is 14.4 Å². The normalized spacial score (nSPS) is 11.8. The fourth-order valence-corrected chi connectivity index (χ4v) is 3.03. The van der Waals surface area contributed by atoms with Gasteiger partial charge in [-0.25, -0.2) is 4.98 Å². The summed E-state index contributed by atoms with van der Waals surface area (Å²) < 4.78 is 6.49. The fraction of sp³-hybridized carbons (Fsp3) is 0.273. The van der Waals surface area contributed by atoms with Crippen LogP contribution in [0.3, 0.4) is 0 Å². The number of aryl methyl sites for hydroxylation is 1. The summed E-state index contributed by atoms with van der Waals surface area (Å²) in [5.74, 6) is -0.395. The number of nitrogens with zero attached hydrogens (tertiary/aromatic N) is 2. The number of rotatable bonds is 7. The Morgan fingerprint density at radius 3 is 2.55 bits per heavy atom. The molecule has 0 spiro atoms. The summed E-state index contributed by atoms with van der Waals surface area (Å²) in [5, 5.41) is 3.32. The third-order valence-electron chi connectivity index (χ3n) is 4.67. The Balaban J connectivity index is 1.51. The first kappa shape index (κ1) is 20.3. The van der Waals surface area contributed by atoms with Gasteiger partial charge in [-0.15, -0.1) is 0 Å². The van der Waals surface area contributed by atoms with E-state index in [-0.39, 0.29) is 37.0 Å². The van der Waals surface area contributed by atoms with Crippen molar-refractivity contribution in [2.45, 2.75) is 25.8 Å². The molecule has 3 aromatic rings. The highest BCUT2D eigenvalue weighted by molar-refractivity contribution is 5.81. The van der Waals surface area contributed by atoms with Crippen LogP contribution in [0.15, 0.2) is 59.4 Å². The van der Waals surface area contributed by atoms with Crippen molar-refractivity contribution in [2.75, 3.05) is 6.61 Å². The van der Waals surface area contributed by atoms with Gasteiger partial charge in [0.05, 0.1) is 23.4 Å². The minimum atomic E-state index is -0.519. The highest BCUT2D eigenvalue weighted by atomic mass is 16.5. The molecule has 7 heteroatoms. The quantitative estimate of drug-likeness (QED) is 0.622. The lowest BCUT2D eigenvalue weighted by molar-refractivity contribution is -0.148. The smallest absolute Gasteiger partial charge is 0.306 e. The van der Waals surface area contributed by atoms with Crippen molar-refractivity contribution in [3.05, 3.63) is 76.3 Å². The van der Waals surface area contributed by atoms with Gasteiger partial charge >= 0.3 is 5.97 Å². The maximum Gasteiger partial charge on any atom is 0.306 e. The molecule has 1 unspecified atom stereocenters. The van der Waals surface area contributed by atoms with Gasteiger partial charge in [0.2, 0.25) is 0 Å². The maximum atomic E-state index is 12.4. The maximum absolute atomic E-state index is 12.4. The average Bonchev–Trinajstić information content (AvgIpc) is 2.74. The van der Waals surface area contributed by atoms with E-state index in [1.54, 1.807) is 25.2 Å². The lowest BCUT2D eigenvalue weighted by atomic mass is 10.1. The predicted octanol–water partition coefficient (Wildman–Crippen LogP) is 2.29. The van der Waals surface area contributed by atoms with Crippen LogP contribution >= 0.6 is 0 Å². The van der Waals surface area contributed by atoms with Crippen molar-refractivity contribution in [2.24, 2.45) is 7.05 Å². The van der Waals surface area contributed by atoms with Gasteiger partial charge in [0.25, 0.3) is 11.5 Å². The number of aromatic nitrogens is 2. The van der Waals surface area contributed by atoms with Gasteiger partial charge in [-0.3, -0.25) is 19.0 Å². The highest BCUT2D eigenvalue weighted by Gasteiger charge is 2.14. The molecule has 3 rings (SSSR count). The molecule has 0 fully saturated rings. The molecular formula is C22H23N3O4. The molecule has 1 N–H and O–H groups in total. The van der Waals surface area contributed by atoms with Crippen molar-refractivity contribution < 1.29 is 14.3 Å². The Hall–Kier alpha value is -3.48. The topological polar surface area (TPSA) is 90.3 Å². The summed E-state index contributed by atoms with van der Waals surface area (Å²) >= 11 is 0. The number of para-hydroxylation sites is 1. The predicted molar refractivity (Wildman–Crippen MR) is 109 cm³/mol. The van der Waals surface area contributed by atoms with E-state index in [4.69, 9.17) is 4.74 Å². The first-order chi connectivity index (χ1) is 14.0. The molecule has 150 valence electrons. The van der Waals surface area contributed by atoms with Gasteiger partial charge in [-0.05, 0) is 24.6 Å². The van der Waals surface area contributed by atoms with Gasteiger partial charge in [-0.1, -0.05) is 42.5 Å². The van der Waals surface area contributed by atoms with Crippen LogP contribution in [0, 0.1) is 0 Å². The molecule has 0 bridgehead atoms. The average molecular weight is 393 g/mol. The molecule has 0 aliphatic rings. The fourth-order valence-electron chi connectivity index (χ4n) is 3.03. The van der Waals surface area contributed by atoms with Crippen LogP contribution < -0.4 is 10.9 Å². The molecule has 29 heavy (non-hydrogen) atoms. The minimum absolute atomic E-state index is 0.0279. The number of ether oxygens (including phenoxy) is 1. The zero-order chi connectivity index (χ0) is 20.8. The molecule has 0 aliphatic heterocycles. The van der Waals surface area contributed by atoms with Crippen molar-refractivity contribution in [3.63, 3.8) is 0 Å². The number of fused-ring (bicyclic) bond motifs is 1. The molecule has 0 saturated heterocycles. The van der Waals surface area contributed by atoms with Crippen LogP contribution in [0.2, 0.25) is 0 Å². The first-order valence-electron chi connectivity index (χ1n) is 9.40. The lowest BCUT2D eigenvalue weighted by Gasteiger charge is -2.14. The second-order valence-electron chi connectivity index (χ2n) is 6.77. The van der Waals surface area contributed by atoms with Gasteiger partial charge in [0.15, 0.2) is 6.61 Å². The minimum Gasteiger partial charge on any atom is -0.456 e. The van der Waals surface area contributed by atoms with Gasteiger partial charge in [-0.2, -0.15) is 0 Å². The lowest BCUT2D eigenvalue weighted by Crippen LogP contribution is -2.31. The van der Waals surface area contributed by atoms with E-state index in [1.807, 2.05) is 43.3 Å². The summed E-state index contributed by atoms with van der Waals surface area (Å²) in [6.07, 6.45) is 0.275.